The number of halogens is 3. The third-order valence-corrected chi connectivity index (χ3v) is 1.83. The Morgan fingerprint density at radius 2 is 2.23 bits per heavy atom. The molecule has 1 aliphatic rings. The summed E-state index contributed by atoms with van der Waals surface area (Å²) in [5.74, 6) is 4.82. The van der Waals surface area contributed by atoms with Crippen molar-refractivity contribution in [3.8, 4) is 0 Å². The molecule has 0 amide bonds. The van der Waals surface area contributed by atoms with Crippen molar-refractivity contribution in [3.63, 3.8) is 0 Å². The first-order chi connectivity index (χ1) is 6.05. The zero-order valence-corrected chi connectivity index (χ0v) is 6.90. The molecular formula is C7H11F3N2O. The molecule has 0 spiro atoms. The van der Waals surface area contributed by atoms with Crippen molar-refractivity contribution in [1.82, 2.24) is 5.43 Å². The van der Waals surface area contributed by atoms with Crippen LogP contribution in [-0.4, -0.2) is 18.8 Å². The van der Waals surface area contributed by atoms with E-state index in [1.54, 1.807) is 5.43 Å². The average Bonchev–Trinajstić information content (AvgIpc) is 2.05. The lowest BCUT2D eigenvalue weighted by molar-refractivity contribution is -0.148. The highest BCUT2D eigenvalue weighted by atomic mass is 19.4. The Morgan fingerprint density at radius 3 is 2.62 bits per heavy atom. The minimum Gasteiger partial charge on any atom is -0.501 e. The summed E-state index contributed by atoms with van der Waals surface area (Å²) in [5, 5.41) is 0. The lowest BCUT2D eigenvalue weighted by Gasteiger charge is -2.24. The van der Waals surface area contributed by atoms with Gasteiger partial charge in [-0.15, -0.1) is 0 Å². The minimum absolute atomic E-state index is 0.154. The van der Waals surface area contributed by atoms with Crippen molar-refractivity contribution >= 4 is 0 Å². The Hall–Kier alpha value is -0.750. The van der Waals surface area contributed by atoms with Crippen molar-refractivity contribution in [2.45, 2.75) is 25.1 Å². The first-order valence-electron chi connectivity index (χ1n) is 3.89. The van der Waals surface area contributed by atoms with Gasteiger partial charge in [-0.2, -0.15) is 13.2 Å². The zero-order valence-electron chi connectivity index (χ0n) is 6.90. The molecule has 0 bridgehead atoms. The molecule has 0 aromatic heterocycles. The van der Waals surface area contributed by atoms with Gasteiger partial charge in [0.05, 0.1) is 12.9 Å². The predicted octanol–water partition coefficient (Wildman–Crippen LogP) is 1.07. The van der Waals surface area contributed by atoms with Crippen molar-refractivity contribution in [2.75, 3.05) is 6.61 Å². The molecule has 13 heavy (non-hydrogen) atoms. The van der Waals surface area contributed by atoms with E-state index in [2.05, 4.69) is 0 Å². The monoisotopic (exact) mass is 196 g/mol. The quantitative estimate of drug-likeness (QED) is 0.513. The molecule has 0 fully saturated rings. The van der Waals surface area contributed by atoms with Gasteiger partial charge in [-0.1, -0.05) is 0 Å². The van der Waals surface area contributed by atoms with Crippen LogP contribution in [-0.2, 0) is 4.74 Å². The highest BCUT2D eigenvalue weighted by Crippen LogP contribution is 2.28. The molecule has 1 aliphatic heterocycles. The van der Waals surface area contributed by atoms with Crippen molar-refractivity contribution < 1.29 is 17.9 Å². The molecule has 1 rings (SSSR count). The number of ether oxygens (including phenoxy) is 1. The van der Waals surface area contributed by atoms with E-state index in [4.69, 9.17) is 10.6 Å². The van der Waals surface area contributed by atoms with Crippen LogP contribution in [0.15, 0.2) is 11.8 Å². The van der Waals surface area contributed by atoms with Gasteiger partial charge in [-0.3, -0.25) is 5.84 Å². The summed E-state index contributed by atoms with van der Waals surface area (Å²) in [6, 6.07) is -1.78. The zero-order chi connectivity index (χ0) is 9.90. The highest BCUT2D eigenvalue weighted by Gasteiger charge is 2.41. The molecule has 0 saturated carbocycles. The standard InChI is InChI=1S/C7H11F3N2O/c8-7(9,10)6(12-11)5-2-1-3-13-4-5/h4,6,12H,1-3,11H2. The van der Waals surface area contributed by atoms with Gasteiger partial charge < -0.3 is 4.74 Å². The van der Waals surface area contributed by atoms with Gasteiger partial charge in [-0.25, -0.2) is 5.43 Å². The van der Waals surface area contributed by atoms with Crippen LogP contribution in [0.3, 0.4) is 0 Å². The van der Waals surface area contributed by atoms with E-state index in [1.807, 2.05) is 0 Å². The normalized spacial score (nSPS) is 20.5. The summed E-state index contributed by atoms with van der Waals surface area (Å²) in [4.78, 5) is 0. The largest absolute Gasteiger partial charge is 0.501 e. The van der Waals surface area contributed by atoms with E-state index >= 15 is 0 Å². The van der Waals surface area contributed by atoms with Crippen LogP contribution in [0.2, 0.25) is 0 Å². The third-order valence-electron chi connectivity index (χ3n) is 1.83. The number of hydrogen-bond donors (Lipinski definition) is 2. The molecule has 0 aliphatic carbocycles. The molecule has 0 aromatic carbocycles. The fraction of sp³-hybridized carbons (Fsp3) is 0.714. The van der Waals surface area contributed by atoms with Gasteiger partial charge in [0, 0.05) is 0 Å². The second-order valence-electron chi connectivity index (χ2n) is 2.81. The number of nitrogens with two attached hydrogens (primary N) is 1. The van der Waals surface area contributed by atoms with Gasteiger partial charge in [-0.05, 0) is 18.4 Å². The van der Waals surface area contributed by atoms with Gasteiger partial charge in [0.1, 0.15) is 6.04 Å². The highest BCUT2D eigenvalue weighted by molar-refractivity contribution is 5.12. The molecule has 1 unspecified atom stereocenters. The maximum atomic E-state index is 12.3. The van der Waals surface area contributed by atoms with Gasteiger partial charge in [0.2, 0.25) is 0 Å². The Bertz CT molecular complexity index is 202. The van der Waals surface area contributed by atoms with Crippen LogP contribution >= 0.6 is 0 Å². The minimum atomic E-state index is -4.36. The first-order valence-corrected chi connectivity index (χ1v) is 3.89. The van der Waals surface area contributed by atoms with Crippen LogP contribution in [0, 0.1) is 0 Å². The molecule has 0 aromatic rings. The second-order valence-corrected chi connectivity index (χ2v) is 2.81. The fourth-order valence-electron chi connectivity index (χ4n) is 1.21. The van der Waals surface area contributed by atoms with E-state index in [0.29, 0.717) is 19.4 Å². The van der Waals surface area contributed by atoms with Crippen molar-refractivity contribution in [1.29, 1.82) is 0 Å². The van der Waals surface area contributed by atoms with Crippen LogP contribution in [0.4, 0.5) is 13.2 Å². The molecule has 76 valence electrons. The summed E-state index contributed by atoms with van der Waals surface area (Å²) in [6.45, 7) is 0.471. The SMILES string of the molecule is NNC(C1=COCCC1)C(F)(F)F. The Kier molecular flexibility index (Phi) is 3.16. The van der Waals surface area contributed by atoms with Gasteiger partial charge >= 0.3 is 6.18 Å². The smallest absolute Gasteiger partial charge is 0.408 e. The topological polar surface area (TPSA) is 47.3 Å². The molecule has 0 radical (unpaired) electrons. The molecule has 0 saturated heterocycles. The van der Waals surface area contributed by atoms with Crippen LogP contribution in [0.1, 0.15) is 12.8 Å². The number of hydrazine groups is 1. The van der Waals surface area contributed by atoms with Crippen molar-refractivity contribution in [3.05, 3.63) is 11.8 Å². The van der Waals surface area contributed by atoms with E-state index in [0.717, 1.165) is 6.26 Å². The number of alkyl halides is 3. The summed E-state index contributed by atoms with van der Waals surface area (Å²) >= 11 is 0. The molecule has 3 nitrogen and oxygen atoms in total. The fourth-order valence-corrected chi connectivity index (χ4v) is 1.21. The van der Waals surface area contributed by atoms with Crippen LogP contribution < -0.4 is 11.3 Å². The first kappa shape index (κ1) is 10.3. The maximum Gasteiger partial charge on any atom is 0.408 e. The Labute approximate surface area is 73.7 Å². The summed E-state index contributed by atoms with van der Waals surface area (Å²) < 4.78 is 41.6. The molecule has 1 atom stereocenters. The summed E-state index contributed by atoms with van der Waals surface area (Å²) in [7, 11) is 0. The lowest BCUT2D eigenvalue weighted by atomic mass is 10.0. The molecule has 1 heterocycles. The number of hydrogen-bond acceptors (Lipinski definition) is 3. The average molecular weight is 196 g/mol. The summed E-state index contributed by atoms with van der Waals surface area (Å²) in [6.07, 6.45) is -2.25. The van der Waals surface area contributed by atoms with E-state index in [-0.39, 0.29) is 5.57 Å². The molecule has 3 N–H and O–H groups in total. The predicted molar refractivity (Wildman–Crippen MR) is 40.4 cm³/mol. The summed E-state index contributed by atoms with van der Waals surface area (Å²) in [5.41, 5.74) is 1.89. The van der Waals surface area contributed by atoms with E-state index < -0.39 is 12.2 Å². The third kappa shape index (κ3) is 2.60. The van der Waals surface area contributed by atoms with Crippen LogP contribution in [0.5, 0.6) is 0 Å². The Morgan fingerprint density at radius 1 is 1.54 bits per heavy atom. The van der Waals surface area contributed by atoms with Crippen LogP contribution in [0.25, 0.3) is 0 Å². The number of rotatable bonds is 2. The lowest BCUT2D eigenvalue weighted by Crippen LogP contribution is -2.47. The van der Waals surface area contributed by atoms with Crippen molar-refractivity contribution in [2.24, 2.45) is 5.84 Å². The number of nitrogens with one attached hydrogen (secondary N) is 1. The second kappa shape index (κ2) is 3.97. The Balaban J connectivity index is 2.70. The maximum absolute atomic E-state index is 12.3. The molecular weight excluding hydrogens is 185 g/mol. The van der Waals surface area contributed by atoms with E-state index in [1.165, 1.54) is 0 Å². The van der Waals surface area contributed by atoms with Gasteiger partial charge in [0.25, 0.3) is 0 Å². The van der Waals surface area contributed by atoms with E-state index in [9.17, 15) is 13.2 Å². The van der Waals surface area contributed by atoms with Gasteiger partial charge in [0.15, 0.2) is 0 Å². The molecule has 6 heteroatoms.